The van der Waals surface area contributed by atoms with Gasteiger partial charge in [0, 0.05) is 5.33 Å². The van der Waals surface area contributed by atoms with Crippen molar-refractivity contribution in [2.24, 2.45) is 0 Å². The van der Waals surface area contributed by atoms with Crippen molar-refractivity contribution in [2.75, 3.05) is 11.9 Å². The van der Waals surface area contributed by atoms with Crippen molar-refractivity contribution in [2.45, 2.75) is 33.6 Å². The van der Waals surface area contributed by atoms with Crippen LogP contribution in [0.2, 0.25) is 0 Å². The van der Waals surface area contributed by atoms with E-state index in [0.29, 0.717) is 6.61 Å². The Morgan fingerprint density at radius 2 is 1.94 bits per heavy atom. The van der Waals surface area contributed by atoms with Crippen LogP contribution in [-0.2, 0) is 0 Å². The van der Waals surface area contributed by atoms with Crippen molar-refractivity contribution < 1.29 is 9.13 Å². The zero-order chi connectivity index (χ0) is 12.4. The fraction of sp³-hybridized carbons (Fsp3) is 0.538. The molecule has 0 saturated carbocycles. The highest BCUT2D eigenvalue weighted by Crippen LogP contribution is 2.18. The van der Waals surface area contributed by atoms with Gasteiger partial charge in [0.15, 0.2) is 0 Å². The molecule has 0 aliphatic carbocycles. The summed E-state index contributed by atoms with van der Waals surface area (Å²) in [6.45, 7) is 6.54. The summed E-state index contributed by atoms with van der Waals surface area (Å²) in [6, 6.07) is 4.59. The first-order chi connectivity index (χ1) is 7.74. The number of aryl methyl sites for hydroxylation is 1. The van der Waals surface area contributed by atoms with Gasteiger partial charge in [-0.1, -0.05) is 29.8 Å². The van der Waals surface area contributed by atoms with Crippen LogP contribution in [0.5, 0.6) is 5.75 Å². The summed E-state index contributed by atoms with van der Waals surface area (Å²) < 4.78 is 18.2. The van der Waals surface area contributed by atoms with E-state index in [1.54, 1.807) is 6.07 Å². The van der Waals surface area contributed by atoms with Crippen molar-refractivity contribution in [1.29, 1.82) is 0 Å². The molecule has 3 heteroatoms. The molecule has 1 rings (SSSR count). The van der Waals surface area contributed by atoms with Gasteiger partial charge in [0.05, 0.1) is 6.61 Å². The highest BCUT2D eigenvalue weighted by molar-refractivity contribution is 9.09. The average molecular weight is 291 g/mol. The first kappa shape index (κ1) is 15.4. The van der Waals surface area contributed by atoms with Crippen LogP contribution in [0.25, 0.3) is 0 Å². The summed E-state index contributed by atoms with van der Waals surface area (Å²) in [5.41, 5.74) is 0.851. The van der Waals surface area contributed by atoms with Gasteiger partial charge in [-0.2, -0.15) is 0 Å². The highest BCUT2D eigenvalue weighted by atomic mass is 79.9. The number of hydrogen-bond donors (Lipinski definition) is 0. The number of alkyl halides is 1. The molecule has 0 aromatic heterocycles. The number of rotatable bonds is 5. The Hall–Kier alpha value is -0.570. The van der Waals surface area contributed by atoms with Crippen LogP contribution in [0.1, 0.15) is 32.3 Å². The van der Waals surface area contributed by atoms with Gasteiger partial charge in [-0.3, -0.25) is 0 Å². The first-order valence-corrected chi connectivity index (χ1v) is 6.81. The van der Waals surface area contributed by atoms with E-state index in [1.165, 1.54) is 12.1 Å². The molecule has 0 spiro atoms. The predicted octanol–water partition coefficient (Wildman–Crippen LogP) is 4.71. The molecule has 0 radical (unpaired) electrons. The summed E-state index contributed by atoms with van der Waals surface area (Å²) in [6.07, 6.45) is 2.11. The van der Waals surface area contributed by atoms with E-state index in [1.807, 2.05) is 20.8 Å². The van der Waals surface area contributed by atoms with Gasteiger partial charge in [-0.05, 0) is 43.5 Å². The van der Waals surface area contributed by atoms with Crippen LogP contribution >= 0.6 is 15.9 Å². The molecule has 0 unspecified atom stereocenters. The molecule has 0 fully saturated rings. The summed E-state index contributed by atoms with van der Waals surface area (Å²) in [5.74, 6) is 0.566. The summed E-state index contributed by atoms with van der Waals surface area (Å²) in [4.78, 5) is 0. The number of hydrogen-bond acceptors (Lipinski definition) is 1. The summed E-state index contributed by atoms with van der Waals surface area (Å²) in [7, 11) is 0. The average Bonchev–Trinajstić information content (AvgIpc) is 2.29. The minimum absolute atomic E-state index is 0.213. The van der Waals surface area contributed by atoms with Crippen molar-refractivity contribution in [3.05, 3.63) is 29.6 Å². The van der Waals surface area contributed by atoms with E-state index in [9.17, 15) is 4.39 Å². The normalized spacial score (nSPS) is 9.31. The minimum Gasteiger partial charge on any atom is -0.493 e. The lowest BCUT2D eigenvalue weighted by Gasteiger charge is -2.08. The van der Waals surface area contributed by atoms with Gasteiger partial charge in [0.25, 0.3) is 0 Å². The highest BCUT2D eigenvalue weighted by Gasteiger charge is 2.00. The Morgan fingerprint density at radius 3 is 2.50 bits per heavy atom. The van der Waals surface area contributed by atoms with Crippen LogP contribution in [0, 0.1) is 12.7 Å². The lowest BCUT2D eigenvalue weighted by molar-refractivity contribution is 0.307. The van der Waals surface area contributed by atoms with Crippen molar-refractivity contribution in [1.82, 2.24) is 0 Å². The zero-order valence-electron chi connectivity index (χ0n) is 10.2. The largest absolute Gasteiger partial charge is 0.493 e. The first-order valence-electron chi connectivity index (χ1n) is 5.69. The number of benzene rings is 1. The van der Waals surface area contributed by atoms with E-state index in [-0.39, 0.29) is 5.82 Å². The maximum absolute atomic E-state index is 12.7. The maximum Gasteiger partial charge on any atom is 0.123 e. The van der Waals surface area contributed by atoms with E-state index in [0.717, 1.165) is 29.5 Å². The third-order valence-electron chi connectivity index (χ3n) is 1.92. The topological polar surface area (TPSA) is 9.23 Å². The van der Waals surface area contributed by atoms with Crippen LogP contribution in [0.4, 0.5) is 4.39 Å². The molecule has 0 saturated heterocycles. The Morgan fingerprint density at radius 1 is 1.25 bits per heavy atom. The third kappa shape index (κ3) is 6.11. The van der Waals surface area contributed by atoms with E-state index in [4.69, 9.17) is 4.74 Å². The second-order valence-corrected chi connectivity index (χ2v) is 3.95. The molecule has 0 amide bonds. The van der Waals surface area contributed by atoms with Gasteiger partial charge in [0.2, 0.25) is 0 Å². The zero-order valence-corrected chi connectivity index (χ0v) is 11.8. The van der Waals surface area contributed by atoms with Gasteiger partial charge in [-0.25, -0.2) is 4.39 Å². The molecule has 0 heterocycles. The summed E-state index contributed by atoms with van der Waals surface area (Å²) in [5, 5.41) is 0.999. The predicted molar refractivity (Wildman–Crippen MR) is 71.0 cm³/mol. The Bertz CT molecular complexity index is 289. The fourth-order valence-electron chi connectivity index (χ4n) is 1.15. The molecule has 1 aromatic rings. The quantitative estimate of drug-likeness (QED) is 0.563. The molecule has 0 N–H and O–H groups in total. The molecule has 16 heavy (non-hydrogen) atoms. The number of halogens is 2. The second kappa shape index (κ2) is 9.64. The van der Waals surface area contributed by atoms with Crippen LogP contribution in [0.3, 0.4) is 0 Å². The smallest absolute Gasteiger partial charge is 0.123 e. The van der Waals surface area contributed by atoms with Gasteiger partial charge < -0.3 is 4.74 Å². The van der Waals surface area contributed by atoms with Gasteiger partial charge in [-0.15, -0.1) is 0 Å². The van der Waals surface area contributed by atoms with E-state index < -0.39 is 0 Å². The maximum atomic E-state index is 12.7. The van der Waals surface area contributed by atoms with E-state index in [2.05, 4.69) is 15.9 Å². The molecule has 0 atom stereocenters. The van der Waals surface area contributed by atoms with Gasteiger partial charge >= 0.3 is 0 Å². The minimum atomic E-state index is -0.213. The van der Waals surface area contributed by atoms with Crippen LogP contribution < -0.4 is 4.74 Å². The number of ether oxygens (including phenoxy) is 1. The van der Waals surface area contributed by atoms with Crippen molar-refractivity contribution in [3.8, 4) is 5.75 Å². The molecular weight excluding hydrogens is 271 g/mol. The molecule has 0 bridgehead atoms. The molecular formula is C13H20BrFO. The number of unbranched alkanes of at least 4 members (excludes halogenated alkanes) is 1. The molecule has 92 valence electrons. The van der Waals surface area contributed by atoms with E-state index >= 15 is 0 Å². The molecule has 1 nitrogen and oxygen atoms in total. The Labute approximate surface area is 106 Å². The fourth-order valence-corrected chi connectivity index (χ4v) is 1.55. The molecule has 0 aliphatic rings. The SMILES string of the molecule is CC.Cc1cc(F)ccc1OCCCCBr. The lowest BCUT2D eigenvalue weighted by atomic mass is 10.2. The Balaban J connectivity index is 0.00000106. The summed E-state index contributed by atoms with van der Waals surface area (Å²) >= 11 is 3.35. The molecule has 1 aromatic carbocycles. The van der Waals surface area contributed by atoms with Crippen molar-refractivity contribution >= 4 is 15.9 Å². The Kier molecular flexibility index (Phi) is 9.30. The third-order valence-corrected chi connectivity index (χ3v) is 2.48. The monoisotopic (exact) mass is 290 g/mol. The van der Waals surface area contributed by atoms with Crippen LogP contribution in [-0.4, -0.2) is 11.9 Å². The van der Waals surface area contributed by atoms with Crippen molar-refractivity contribution in [3.63, 3.8) is 0 Å². The standard InChI is InChI=1S/C11H14BrFO.C2H6/c1-9-8-10(13)4-5-11(9)14-7-3-2-6-12;1-2/h4-5,8H,2-3,6-7H2,1H3;1-2H3. The second-order valence-electron chi connectivity index (χ2n) is 3.15. The van der Waals surface area contributed by atoms with Gasteiger partial charge in [0.1, 0.15) is 11.6 Å². The molecule has 0 aliphatic heterocycles. The van der Waals surface area contributed by atoms with Crippen LogP contribution in [0.15, 0.2) is 18.2 Å². The lowest BCUT2D eigenvalue weighted by Crippen LogP contribution is -1.99.